The molecule has 94 valence electrons. The third-order valence-corrected chi connectivity index (χ3v) is 3.05. The topological polar surface area (TPSA) is 88.2 Å². The van der Waals surface area contributed by atoms with Gasteiger partial charge >= 0.3 is 0 Å². The number of β-amino-alcohol motifs (C(OH)–C–C–N with tert-alkyl or cyclic N) is 1. The number of hydrogen-bond acceptors (Lipinski definition) is 7. The molecular formula is C11H13N5O2. The largest absolute Gasteiger partial charge is 0.392 e. The van der Waals surface area contributed by atoms with Gasteiger partial charge in [0.05, 0.1) is 18.3 Å². The lowest BCUT2D eigenvalue weighted by Gasteiger charge is -2.13. The number of likely N-dealkylation sites (N-methyl/N-ethyl adjacent to an activating group) is 1. The molecular weight excluding hydrogens is 234 g/mol. The van der Waals surface area contributed by atoms with E-state index in [0.29, 0.717) is 30.4 Å². The van der Waals surface area contributed by atoms with Gasteiger partial charge in [-0.3, -0.25) is 9.88 Å². The quantitative estimate of drug-likeness (QED) is 0.814. The van der Waals surface area contributed by atoms with E-state index in [4.69, 9.17) is 4.52 Å². The van der Waals surface area contributed by atoms with Gasteiger partial charge in [0, 0.05) is 18.9 Å². The van der Waals surface area contributed by atoms with Crippen molar-refractivity contribution in [3.8, 4) is 11.5 Å². The van der Waals surface area contributed by atoms with Crippen molar-refractivity contribution in [2.45, 2.75) is 18.6 Å². The molecule has 0 aromatic carbocycles. The molecule has 2 unspecified atom stereocenters. The standard InChI is InChI=1S/C11H13N5O2/c1-16-6-7(17)4-9(16)11-14-10(15-18-11)8-5-12-2-3-13-8/h2-3,5,7,9,17H,4,6H2,1H3. The van der Waals surface area contributed by atoms with Crippen molar-refractivity contribution in [3.63, 3.8) is 0 Å². The maximum atomic E-state index is 9.60. The molecule has 0 saturated carbocycles. The lowest BCUT2D eigenvalue weighted by Crippen LogP contribution is -2.19. The van der Waals surface area contributed by atoms with Crippen molar-refractivity contribution in [2.75, 3.05) is 13.6 Å². The summed E-state index contributed by atoms with van der Waals surface area (Å²) in [5.74, 6) is 0.933. The third kappa shape index (κ3) is 1.98. The number of aromatic nitrogens is 4. The van der Waals surface area contributed by atoms with Gasteiger partial charge in [-0.25, -0.2) is 4.98 Å². The molecule has 0 aliphatic carbocycles. The molecule has 1 aliphatic rings. The number of rotatable bonds is 2. The highest BCUT2D eigenvalue weighted by atomic mass is 16.5. The van der Waals surface area contributed by atoms with Crippen LogP contribution >= 0.6 is 0 Å². The van der Waals surface area contributed by atoms with Crippen LogP contribution in [0.4, 0.5) is 0 Å². The summed E-state index contributed by atoms with van der Waals surface area (Å²) in [6.07, 6.45) is 5.02. The zero-order valence-electron chi connectivity index (χ0n) is 9.89. The Morgan fingerprint density at radius 2 is 2.33 bits per heavy atom. The predicted molar refractivity (Wildman–Crippen MR) is 61.3 cm³/mol. The van der Waals surface area contributed by atoms with Crippen LogP contribution in [0.5, 0.6) is 0 Å². The first-order valence-corrected chi connectivity index (χ1v) is 5.72. The lowest BCUT2D eigenvalue weighted by atomic mass is 10.2. The normalized spacial score (nSPS) is 24.6. The highest BCUT2D eigenvalue weighted by Crippen LogP contribution is 2.30. The van der Waals surface area contributed by atoms with Crippen LogP contribution in [0, 0.1) is 0 Å². The second-order valence-electron chi connectivity index (χ2n) is 4.39. The summed E-state index contributed by atoms with van der Waals surface area (Å²) in [7, 11) is 1.92. The summed E-state index contributed by atoms with van der Waals surface area (Å²) in [6, 6.07) is -0.0297. The molecule has 0 amide bonds. The Hall–Kier alpha value is -1.86. The molecule has 1 N–H and O–H groups in total. The number of likely N-dealkylation sites (tertiary alicyclic amines) is 1. The van der Waals surface area contributed by atoms with Crippen molar-refractivity contribution < 1.29 is 9.63 Å². The van der Waals surface area contributed by atoms with Crippen LogP contribution in [0.15, 0.2) is 23.1 Å². The fraction of sp³-hybridized carbons (Fsp3) is 0.455. The first-order valence-electron chi connectivity index (χ1n) is 5.72. The van der Waals surface area contributed by atoms with Gasteiger partial charge in [-0.2, -0.15) is 4.98 Å². The molecule has 3 rings (SSSR count). The van der Waals surface area contributed by atoms with E-state index in [1.165, 1.54) is 0 Å². The summed E-state index contributed by atoms with van der Waals surface area (Å²) >= 11 is 0. The molecule has 7 nitrogen and oxygen atoms in total. The van der Waals surface area contributed by atoms with Gasteiger partial charge in [-0.05, 0) is 13.5 Å². The molecule has 18 heavy (non-hydrogen) atoms. The van der Waals surface area contributed by atoms with E-state index in [0.717, 1.165) is 0 Å². The molecule has 7 heteroatoms. The highest BCUT2D eigenvalue weighted by molar-refractivity contribution is 5.45. The van der Waals surface area contributed by atoms with Crippen molar-refractivity contribution in [1.29, 1.82) is 0 Å². The number of aliphatic hydroxyl groups is 1. The minimum Gasteiger partial charge on any atom is -0.392 e. The fourth-order valence-corrected chi connectivity index (χ4v) is 2.15. The summed E-state index contributed by atoms with van der Waals surface area (Å²) in [5.41, 5.74) is 0.577. The van der Waals surface area contributed by atoms with E-state index in [1.54, 1.807) is 18.6 Å². The Balaban J connectivity index is 1.86. The van der Waals surface area contributed by atoms with Crippen LogP contribution in [0.3, 0.4) is 0 Å². The smallest absolute Gasteiger partial charge is 0.244 e. The molecule has 0 bridgehead atoms. The number of nitrogens with zero attached hydrogens (tertiary/aromatic N) is 5. The van der Waals surface area contributed by atoms with Gasteiger partial charge in [0.1, 0.15) is 5.69 Å². The fourth-order valence-electron chi connectivity index (χ4n) is 2.15. The maximum absolute atomic E-state index is 9.60. The molecule has 1 fully saturated rings. The SMILES string of the molecule is CN1CC(O)CC1c1nc(-c2cnccn2)no1. The third-order valence-electron chi connectivity index (χ3n) is 3.05. The van der Waals surface area contributed by atoms with E-state index >= 15 is 0 Å². The second-order valence-corrected chi connectivity index (χ2v) is 4.39. The number of hydrogen-bond donors (Lipinski definition) is 1. The van der Waals surface area contributed by atoms with Crippen LogP contribution in [-0.4, -0.2) is 49.8 Å². The second kappa shape index (κ2) is 4.43. The van der Waals surface area contributed by atoms with Crippen LogP contribution in [0.25, 0.3) is 11.5 Å². The molecule has 2 atom stereocenters. The molecule has 1 saturated heterocycles. The van der Waals surface area contributed by atoms with Gasteiger partial charge < -0.3 is 9.63 Å². The van der Waals surface area contributed by atoms with Crippen LogP contribution < -0.4 is 0 Å². The highest BCUT2D eigenvalue weighted by Gasteiger charge is 2.33. The minimum atomic E-state index is -0.341. The zero-order valence-corrected chi connectivity index (χ0v) is 9.89. The summed E-state index contributed by atoms with van der Waals surface area (Å²) in [5, 5.41) is 13.5. The van der Waals surface area contributed by atoms with Gasteiger partial charge in [-0.1, -0.05) is 5.16 Å². The molecule has 2 aromatic heterocycles. The van der Waals surface area contributed by atoms with Gasteiger partial charge in [-0.15, -0.1) is 0 Å². The predicted octanol–water partition coefficient (Wildman–Crippen LogP) is 0.264. The molecule has 0 radical (unpaired) electrons. The summed E-state index contributed by atoms with van der Waals surface area (Å²) in [4.78, 5) is 14.4. The Kier molecular flexibility index (Phi) is 2.77. The Labute approximate surface area is 103 Å². The van der Waals surface area contributed by atoms with E-state index in [1.807, 2.05) is 11.9 Å². The van der Waals surface area contributed by atoms with Crippen molar-refractivity contribution in [3.05, 3.63) is 24.5 Å². The van der Waals surface area contributed by atoms with Crippen molar-refractivity contribution >= 4 is 0 Å². The van der Waals surface area contributed by atoms with Crippen molar-refractivity contribution in [1.82, 2.24) is 25.0 Å². The Morgan fingerprint density at radius 3 is 3.00 bits per heavy atom. The number of aliphatic hydroxyl groups excluding tert-OH is 1. The van der Waals surface area contributed by atoms with E-state index in [2.05, 4.69) is 20.1 Å². The summed E-state index contributed by atoms with van der Waals surface area (Å²) < 4.78 is 5.24. The van der Waals surface area contributed by atoms with E-state index in [9.17, 15) is 5.11 Å². The Bertz CT molecular complexity index is 529. The molecule has 1 aliphatic heterocycles. The average molecular weight is 247 g/mol. The van der Waals surface area contributed by atoms with Crippen LogP contribution in [-0.2, 0) is 0 Å². The van der Waals surface area contributed by atoms with E-state index in [-0.39, 0.29) is 12.1 Å². The summed E-state index contributed by atoms with van der Waals surface area (Å²) in [6.45, 7) is 0.619. The first kappa shape index (κ1) is 11.2. The molecule has 0 spiro atoms. The Morgan fingerprint density at radius 1 is 1.44 bits per heavy atom. The van der Waals surface area contributed by atoms with Gasteiger partial charge in [0.2, 0.25) is 11.7 Å². The molecule has 2 aromatic rings. The monoisotopic (exact) mass is 247 g/mol. The van der Waals surface area contributed by atoms with Gasteiger partial charge in [0.25, 0.3) is 0 Å². The first-order chi connectivity index (χ1) is 8.74. The van der Waals surface area contributed by atoms with Crippen LogP contribution in [0.1, 0.15) is 18.4 Å². The lowest BCUT2D eigenvalue weighted by molar-refractivity contribution is 0.182. The molecule has 3 heterocycles. The van der Waals surface area contributed by atoms with E-state index < -0.39 is 0 Å². The minimum absolute atomic E-state index is 0.0297. The van der Waals surface area contributed by atoms with Crippen LogP contribution in [0.2, 0.25) is 0 Å². The zero-order chi connectivity index (χ0) is 12.5. The maximum Gasteiger partial charge on any atom is 0.244 e. The van der Waals surface area contributed by atoms with Crippen molar-refractivity contribution in [2.24, 2.45) is 0 Å². The average Bonchev–Trinajstić information content (AvgIpc) is 2.97. The van der Waals surface area contributed by atoms with Gasteiger partial charge in [0.15, 0.2) is 0 Å².